The van der Waals surface area contributed by atoms with E-state index in [0.29, 0.717) is 0 Å². The molecule has 0 aliphatic rings. The monoisotopic (exact) mass is 242 g/mol. The second kappa shape index (κ2) is 4.09. The molecule has 0 aliphatic heterocycles. The highest BCUT2D eigenvalue weighted by atomic mass is 79.9. The number of halogens is 1. The van der Waals surface area contributed by atoms with Gasteiger partial charge >= 0.3 is 0 Å². The second-order valence-corrected chi connectivity index (χ2v) is 4.04. The molecule has 0 saturated heterocycles. The normalized spacial score (nSPS) is 10.5. The van der Waals surface area contributed by atoms with E-state index in [-0.39, 0.29) is 0 Å². The Kier molecular flexibility index (Phi) is 3.31. The summed E-state index contributed by atoms with van der Waals surface area (Å²) in [5.74, 6) is 0. The Morgan fingerprint density at radius 1 is 1.54 bits per heavy atom. The van der Waals surface area contributed by atoms with Gasteiger partial charge in [-0.25, -0.2) is 0 Å². The van der Waals surface area contributed by atoms with Crippen LogP contribution < -0.4 is 0 Å². The van der Waals surface area contributed by atoms with Crippen LogP contribution in [0.25, 0.3) is 0 Å². The smallest absolute Gasteiger partial charge is 0.0738 e. The first kappa shape index (κ1) is 10.5. The van der Waals surface area contributed by atoms with Crippen LogP contribution in [-0.4, -0.2) is 9.78 Å². The summed E-state index contributed by atoms with van der Waals surface area (Å²) in [6, 6.07) is 0. The molecule has 0 bridgehead atoms. The first-order valence-corrected chi connectivity index (χ1v) is 5.21. The molecule has 2 nitrogen and oxygen atoms in total. The number of rotatable bonds is 3. The Hall–Kier alpha value is -0.570. The molecule has 1 heterocycles. The molecule has 72 valence electrons. The van der Waals surface area contributed by atoms with Crippen LogP contribution in [-0.2, 0) is 6.54 Å². The standard InChI is InChI=1S/C10H15BrN2/c1-5-7(2)6-13-9(4)10(11)8(3)12-13/h2,5-6H2,1,3-4H3. The van der Waals surface area contributed by atoms with Crippen LogP contribution in [0, 0.1) is 13.8 Å². The van der Waals surface area contributed by atoms with Crippen molar-refractivity contribution >= 4 is 15.9 Å². The minimum Gasteiger partial charge on any atom is -0.264 e. The highest BCUT2D eigenvalue weighted by Gasteiger charge is 2.08. The fourth-order valence-electron chi connectivity index (χ4n) is 1.15. The average molecular weight is 243 g/mol. The molecule has 3 heteroatoms. The van der Waals surface area contributed by atoms with Crippen molar-refractivity contribution in [2.75, 3.05) is 0 Å². The average Bonchev–Trinajstić information content (AvgIpc) is 2.34. The number of allylic oxidation sites excluding steroid dienone is 1. The van der Waals surface area contributed by atoms with Gasteiger partial charge in [-0.1, -0.05) is 19.1 Å². The molecule has 1 rings (SSSR count). The maximum absolute atomic E-state index is 4.41. The van der Waals surface area contributed by atoms with Crippen molar-refractivity contribution in [1.29, 1.82) is 0 Å². The minimum absolute atomic E-state index is 0.828. The van der Waals surface area contributed by atoms with Gasteiger partial charge in [-0.05, 0) is 36.2 Å². The molecule has 0 N–H and O–H groups in total. The largest absolute Gasteiger partial charge is 0.264 e. The third kappa shape index (κ3) is 2.21. The van der Waals surface area contributed by atoms with Gasteiger partial charge in [0.15, 0.2) is 0 Å². The van der Waals surface area contributed by atoms with Gasteiger partial charge < -0.3 is 0 Å². The summed E-state index contributed by atoms with van der Waals surface area (Å²) < 4.78 is 3.10. The summed E-state index contributed by atoms with van der Waals surface area (Å²) >= 11 is 3.50. The number of hydrogen-bond donors (Lipinski definition) is 0. The first-order chi connectivity index (χ1) is 6.06. The van der Waals surface area contributed by atoms with Crippen molar-refractivity contribution < 1.29 is 0 Å². The molecule has 0 atom stereocenters. The van der Waals surface area contributed by atoms with E-state index in [2.05, 4.69) is 41.5 Å². The molecule has 1 aromatic heterocycles. The van der Waals surface area contributed by atoms with E-state index in [4.69, 9.17) is 0 Å². The van der Waals surface area contributed by atoms with E-state index < -0.39 is 0 Å². The lowest BCUT2D eigenvalue weighted by atomic mass is 10.2. The third-order valence-corrected chi connectivity index (χ3v) is 3.31. The predicted molar refractivity (Wildman–Crippen MR) is 58.8 cm³/mol. The third-order valence-electron chi connectivity index (χ3n) is 2.17. The van der Waals surface area contributed by atoms with Gasteiger partial charge in [-0.15, -0.1) is 0 Å². The molecule has 13 heavy (non-hydrogen) atoms. The number of nitrogens with zero attached hydrogens (tertiary/aromatic N) is 2. The molecule has 1 aromatic rings. The zero-order valence-electron chi connectivity index (χ0n) is 8.39. The molecule has 0 aliphatic carbocycles. The van der Waals surface area contributed by atoms with Gasteiger partial charge in [0.05, 0.1) is 22.4 Å². The van der Waals surface area contributed by atoms with Crippen molar-refractivity contribution in [3.8, 4) is 0 Å². The molecule has 0 spiro atoms. The van der Waals surface area contributed by atoms with Crippen molar-refractivity contribution in [3.05, 3.63) is 28.0 Å². The Bertz CT molecular complexity index is 326. The Morgan fingerprint density at radius 3 is 2.54 bits per heavy atom. The zero-order valence-corrected chi connectivity index (χ0v) is 9.98. The van der Waals surface area contributed by atoms with Crippen LogP contribution >= 0.6 is 15.9 Å². The fourth-order valence-corrected chi connectivity index (χ4v) is 1.44. The lowest BCUT2D eigenvalue weighted by molar-refractivity contribution is 0.639. The van der Waals surface area contributed by atoms with Gasteiger partial charge in [-0.3, -0.25) is 4.68 Å². The van der Waals surface area contributed by atoms with Gasteiger partial charge in [0.1, 0.15) is 0 Å². The molecule has 0 amide bonds. The van der Waals surface area contributed by atoms with E-state index in [0.717, 1.165) is 23.1 Å². The molecule has 0 fully saturated rings. The van der Waals surface area contributed by atoms with Crippen LogP contribution in [0.2, 0.25) is 0 Å². The maximum atomic E-state index is 4.41. The highest BCUT2D eigenvalue weighted by molar-refractivity contribution is 9.10. The Balaban J connectivity index is 2.90. The lowest BCUT2D eigenvalue weighted by Crippen LogP contribution is -2.04. The number of aromatic nitrogens is 2. The summed E-state index contributed by atoms with van der Waals surface area (Å²) in [6.07, 6.45) is 1.01. The number of hydrogen-bond acceptors (Lipinski definition) is 1. The molecule has 0 aromatic carbocycles. The van der Waals surface area contributed by atoms with E-state index in [1.54, 1.807) is 0 Å². The molecular weight excluding hydrogens is 228 g/mol. The van der Waals surface area contributed by atoms with Crippen molar-refractivity contribution in [2.24, 2.45) is 0 Å². The van der Waals surface area contributed by atoms with Crippen LogP contribution in [0.3, 0.4) is 0 Å². The predicted octanol–water partition coefficient (Wildman–Crippen LogP) is 3.23. The van der Waals surface area contributed by atoms with Gasteiger partial charge in [0.2, 0.25) is 0 Å². The van der Waals surface area contributed by atoms with E-state index in [9.17, 15) is 0 Å². The van der Waals surface area contributed by atoms with Crippen molar-refractivity contribution in [1.82, 2.24) is 9.78 Å². The van der Waals surface area contributed by atoms with Gasteiger partial charge in [-0.2, -0.15) is 5.10 Å². The summed E-state index contributed by atoms with van der Waals surface area (Å²) in [7, 11) is 0. The van der Waals surface area contributed by atoms with Crippen LogP contribution in [0.5, 0.6) is 0 Å². The van der Waals surface area contributed by atoms with Gasteiger partial charge in [0.25, 0.3) is 0 Å². The molecule has 0 saturated carbocycles. The van der Waals surface area contributed by atoms with Crippen LogP contribution in [0.4, 0.5) is 0 Å². The molecule has 0 unspecified atom stereocenters. The zero-order chi connectivity index (χ0) is 10.0. The van der Waals surface area contributed by atoms with Gasteiger partial charge in [0, 0.05) is 0 Å². The second-order valence-electron chi connectivity index (χ2n) is 3.25. The Morgan fingerprint density at radius 2 is 2.15 bits per heavy atom. The Labute approximate surface area is 87.8 Å². The quantitative estimate of drug-likeness (QED) is 0.745. The van der Waals surface area contributed by atoms with E-state index >= 15 is 0 Å². The molecule has 0 radical (unpaired) electrons. The van der Waals surface area contributed by atoms with E-state index in [1.807, 2.05) is 11.6 Å². The van der Waals surface area contributed by atoms with Crippen LogP contribution in [0.15, 0.2) is 16.6 Å². The fraction of sp³-hybridized carbons (Fsp3) is 0.500. The summed E-state index contributed by atoms with van der Waals surface area (Å²) in [5, 5.41) is 4.41. The SMILES string of the molecule is C=C(CC)Cn1nc(C)c(Br)c1C. The molecular formula is C10H15BrN2. The minimum atomic E-state index is 0.828. The topological polar surface area (TPSA) is 17.8 Å². The first-order valence-electron chi connectivity index (χ1n) is 4.42. The van der Waals surface area contributed by atoms with Crippen LogP contribution in [0.1, 0.15) is 24.7 Å². The maximum Gasteiger partial charge on any atom is 0.0738 e. The van der Waals surface area contributed by atoms with Crippen molar-refractivity contribution in [3.63, 3.8) is 0 Å². The number of aryl methyl sites for hydroxylation is 1. The van der Waals surface area contributed by atoms with Crippen molar-refractivity contribution in [2.45, 2.75) is 33.7 Å². The summed E-state index contributed by atoms with van der Waals surface area (Å²) in [4.78, 5) is 0. The summed E-state index contributed by atoms with van der Waals surface area (Å²) in [5.41, 5.74) is 3.42. The highest BCUT2D eigenvalue weighted by Crippen LogP contribution is 2.20. The van der Waals surface area contributed by atoms with E-state index in [1.165, 1.54) is 11.3 Å². The lowest BCUT2D eigenvalue weighted by Gasteiger charge is -2.04. The summed E-state index contributed by atoms with van der Waals surface area (Å²) in [6.45, 7) is 11.0.